The number of hydrogen-bond donors (Lipinski definition) is 6. The minimum atomic E-state index is -2.21. The van der Waals surface area contributed by atoms with Crippen LogP contribution < -0.4 is 26.6 Å². The Hall–Kier alpha value is -5.43. The third-order valence-corrected chi connectivity index (χ3v) is 16.5. The second-order valence-corrected chi connectivity index (χ2v) is 27.8. The summed E-state index contributed by atoms with van der Waals surface area (Å²) < 4.78 is 6.38. The van der Waals surface area contributed by atoms with Gasteiger partial charge in [-0.15, -0.1) is 0 Å². The third-order valence-electron chi connectivity index (χ3n) is 16.5. The molecule has 1 aliphatic heterocycles. The average Bonchev–Trinajstić information content (AvgIpc) is 2.00. The van der Waals surface area contributed by atoms with E-state index in [2.05, 4.69) is 26.6 Å². The highest BCUT2D eigenvalue weighted by molar-refractivity contribution is 5.97. The van der Waals surface area contributed by atoms with Gasteiger partial charge in [0, 0.05) is 48.3 Å². The maximum atomic E-state index is 15.3. The molecule has 506 valence electrons. The van der Waals surface area contributed by atoms with E-state index in [1.807, 2.05) is 76.2 Å². The van der Waals surface area contributed by atoms with Crippen molar-refractivity contribution >= 4 is 66.1 Å². The molecule has 88 heavy (non-hydrogen) atoms. The van der Waals surface area contributed by atoms with Crippen LogP contribution in [0.15, 0.2) is 0 Å². The van der Waals surface area contributed by atoms with E-state index in [4.69, 9.17) is 4.74 Å². The Balaban J connectivity index is 4.62. The van der Waals surface area contributed by atoms with Crippen LogP contribution in [0.25, 0.3) is 0 Å². The molecule has 24 nitrogen and oxygen atoms in total. The van der Waals surface area contributed by atoms with Crippen molar-refractivity contribution in [3.8, 4) is 0 Å². The fourth-order valence-corrected chi connectivity index (χ4v) is 11.5. The van der Waals surface area contributed by atoms with Gasteiger partial charge in [-0.1, -0.05) is 117 Å². The van der Waals surface area contributed by atoms with E-state index in [0.29, 0.717) is 38.2 Å². The van der Waals surface area contributed by atoms with Gasteiger partial charge in [-0.25, -0.2) is 0 Å². The largest absolute Gasteiger partial charge is 0.391 e. The van der Waals surface area contributed by atoms with E-state index >= 15 is 19.2 Å². The van der Waals surface area contributed by atoms with Crippen LogP contribution in [-0.2, 0) is 57.5 Å². The van der Waals surface area contributed by atoms with Crippen LogP contribution in [0.1, 0.15) is 176 Å². The maximum absolute atomic E-state index is 15.3. The summed E-state index contributed by atoms with van der Waals surface area (Å²) in [7, 11) is 8.35. The Labute approximate surface area is 527 Å². The van der Waals surface area contributed by atoms with Crippen molar-refractivity contribution in [3.05, 3.63) is 0 Å². The van der Waals surface area contributed by atoms with Crippen LogP contribution in [0.3, 0.4) is 0 Å². The SMILES string of the molecule is CCCC1C(=O)NC(C)(C=O)OC(C(C)C)C(=O)N(C)C(C=O)(CC(C)C)NC(CC(C)C)C(=O)N(C)C(C(C)C)C(=O)N(C)C(CC(C)CCNC(C)C)C(=O)NC(C(C)O)C(=O)N(C)CC(=O)N(C)C(C=O)(CC(C)C)NC(CC(C)C)C(=O)N1C. The standard InChI is InChI=1S/C64H117N11O13/c1-25-26-49-56(82)69-62(18,35-76)88-54(43(12)13)61(87)75(24)64(37-78,33-41(8)9)68-48(30-39(4)5)58(84)73(22)53(42(10)11)60(86)72(21)50(31-45(16)27-28-65-44(14)15)55(81)66-52(46(17)79)59(85)70(19)34-51(80)74(23)63(36-77,32-40(6)7)67-47(29-38(2)3)57(83)71(49)20/h35-50,52-54,65,67-68,79H,25-34H2,1-24H3,(H,66,81)(H,69,82). The number of aliphatic hydroxyl groups excluding tert-OH is 1. The molecule has 8 amide bonds. The minimum Gasteiger partial charge on any atom is -0.391 e. The molecule has 1 saturated heterocycles. The highest BCUT2D eigenvalue weighted by atomic mass is 16.5. The molecule has 12 atom stereocenters. The second kappa shape index (κ2) is 35.8. The number of likely N-dealkylation sites (N-methyl/N-ethyl adjacent to an activating group) is 6. The van der Waals surface area contributed by atoms with Crippen LogP contribution in [0.4, 0.5) is 0 Å². The van der Waals surface area contributed by atoms with Gasteiger partial charge in [0.25, 0.3) is 5.91 Å². The predicted molar refractivity (Wildman–Crippen MR) is 339 cm³/mol. The number of carbonyl (C=O) groups is 11. The Morgan fingerprint density at radius 1 is 0.591 bits per heavy atom. The van der Waals surface area contributed by atoms with Crippen molar-refractivity contribution < 1.29 is 62.6 Å². The van der Waals surface area contributed by atoms with Crippen LogP contribution in [0, 0.1) is 41.4 Å². The monoisotopic (exact) mass is 1250 g/mol. The number of amides is 8. The molecule has 1 heterocycles. The first-order valence-electron chi connectivity index (χ1n) is 31.8. The van der Waals surface area contributed by atoms with Crippen molar-refractivity contribution in [1.29, 1.82) is 0 Å². The number of aldehydes is 3. The van der Waals surface area contributed by atoms with Gasteiger partial charge in [0.05, 0.1) is 24.7 Å². The summed E-state index contributed by atoms with van der Waals surface area (Å²) in [6, 6.07) is -7.69. The van der Waals surface area contributed by atoms with Gasteiger partial charge >= 0.3 is 0 Å². The van der Waals surface area contributed by atoms with Crippen molar-refractivity contribution in [2.24, 2.45) is 41.4 Å². The quantitative estimate of drug-likeness (QED) is 0.0845. The van der Waals surface area contributed by atoms with Crippen LogP contribution in [0.2, 0.25) is 0 Å². The molecule has 12 unspecified atom stereocenters. The topological polar surface area (TPSA) is 297 Å². The van der Waals surface area contributed by atoms with Crippen molar-refractivity contribution in [1.82, 2.24) is 56.0 Å². The molecule has 1 aliphatic rings. The molecule has 6 N–H and O–H groups in total. The summed E-state index contributed by atoms with van der Waals surface area (Å²) in [4.78, 5) is 168. The van der Waals surface area contributed by atoms with Crippen LogP contribution >= 0.6 is 0 Å². The van der Waals surface area contributed by atoms with Crippen LogP contribution in [0.5, 0.6) is 0 Å². The molecule has 0 aromatic carbocycles. The highest BCUT2D eigenvalue weighted by Gasteiger charge is 2.49. The molecule has 0 aromatic heterocycles. The Morgan fingerprint density at radius 3 is 1.48 bits per heavy atom. The van der Waals surface area contributed by atoms with Crippen molar-refractivity contribution in [2.75, 3.05) is 55.4 Å². The number of carbonyl (C=O) groups excluding carboxylic acids is 11. The summed E-state index contributed by atoms with van der Waals surface area (Å²) in [5.74, 6) is -8.35. The third kappa shape index (κ3) is 22.5. The Kier molecular flexibility index (Phi) is 32.8. The number of aliphatic hydroxyl groups is 1. The van der Waals surface area contributed by atoms with E-state index in [0.717, 1.165) is 14.7 Å². The molecular formula is C64H117N11O13. The fourth-order valence-electron chi connectivity index (χ4n) is 11.5. The number of ether oxygens (including phenoxy) is 1. The van der Waals surface area contributed by atoms with Gasteiger partial charge in [-0.05, 0) is 107 Å². The van der Waals surface area contributed by atoms with E-state index in [1.165, 1.54) is 70.8 Å². The molecule has 0 radical (unpaired) electrons. The summed E-state index contributed by atoms with van der Waals surface area (Å²) in [6.45, 7) is 31.8. The van der Waals surface area contributed by atoms with E-state index in [1.54, 1.807) is 34.6 Å². The molecule has 0 bridgehead atoms. The van der Waals surface area contributed by atoms with Crippen LogP contribution in [-0.4, -0.2) is 228 Å². The normalized spacial score (nSPS) is 28.4. The number of nitrogens with zero attached hydrogens (tertiary/aromatic N) is 6. The van der Waals surface area contributed by atoms with Gasteiger partial charge in [0.1, 0.15) is 30.3 Å². The number of hydrogen-bond acceptors (Lipinski definition) is 16. The lowest BCUT2D eigenvalue weighted by molar-refractivity contribution is -0.177. The average molecular weight is 1250 g/mol. The minimum absolute atomic E-state index is 0.0194. The summed E-state index contributed by atoms with van der Waals surface area (Å²) in [6.07, 6.45) is -0.350. The highest BCUT2D eigenvalue weighted by Crippen LogP contribution is 2.29. The second-order valence-electron chi connectivity index (χ2n) is 27.8. The summed E-state index contributed by atoms with van der Waals surface area (Å²) in [5.41, 5.74) is -6.02. The molecular weight excluding hydrogens is 1130 g/mol. The smallest absolute Gasteiger partial charge is 0.253 e. The molecule has 0 aromatic rings. The fraction of sp³-hybridized carbons (Fsp3) is 0.828. The van der Waals surface area contributed by atoms with Gasteiger partial charge < -0.3 is 55.2 Å². The zero-order valence-electron chi connectivity index (χ0n) is 58.1. The lowest BCUT2D eigenvalue weighted by Crippen LogP contribution is -2.69. The molecule has 0 saturated carbocycles. The molecule has 24 heteroatoms. The molecule has 1 fully saturated rings. The number of nitrogens with one attached hydrogen (secondary N) is 5. The molecule has 1 rings (SSSR count). The predicted octanol–water partition coefficient (Wildman–Crippen LogP) is 3.56. The van der Waals surface area contributed by atoms with E-state index < -0.39 is 131 Å². The molecule has 0 spiro atoms. The van der Waals surface area contributed by atoms with Gasteiger partial charge in [-0.3, -0.25) is 63.4 Å². The first-order chi connectivity index (χ1) is 40.6. The van der Waals surface area contributed by atoms with Crippen molar-refractivity contribution in [2.45, 2.75) is 248 Å². The molecule has 0 aliphatic carbocycles. The van der Waals surface area contributed by atoms with Gasteiger partial charge in [-0.2, -0.15) is 0 Å². The van der Waals surface area contributed by atoms with E-state index in [9.17, 15) is 38.7 Å². The number of rotatable bonds is 22. The summed E-state index contributed by atoms with van der Waals surface area (Å²) in [5, 5.41) is 26.5. The van der Waals surface area contributed by atoms with Gasteiger partial charge in [0.15, 0.2) is 35.9 Å². The Morgan fingerprint density at radius 2 is 1.07 bits per heavy atom. The lowest BCUT2D eigenvalue weighted by atomic mass is 9.91. The van der Waals surface area contributed by atoms with Crippen molar-refractivity contribution in [3.63, 3.8) is 0 Å². The lowest BCUT2D eigenvalue weighted by Gasteiger charge is -2.45. The first kappa shape index (κ1) is 80.6. The Bertz CT molecular complexity index is 2330. The maximum Gasteiger partial charge on any atom is 0.253 e. The first-order valence-corrected chi connectivity index (χ1v) is 31.8. The van der Waals surface area contributed by atoms with E-state index in [-0.39, 0.29) is 74.2 Å². The summed E-state index contributed by atoms with van der Waals surface area (Å²) >= 11 is 0. The van der Waals surface area contributed by atoms with Gasteiger partial charge in [0.2, 0.25) is 41.4 Å². The zero-order chi connectivity index (χ0) is 68.3. The zero-order valence-corrected chi connectivity index (χ0v) is 58.1.